The van der Waals surface area contributed by atoms with Crippen molar-refractivity contribution in [3.63, 3.8) is 0 Å². The standard InChI is InChI=1S/C51H76Br2N8O17S/c1-34-41(32-63)78-47(45(65)44(34)64)77-40-31-56-39-30-38(52)46(43(53)42(39)40)74-27-25-72-23-24-73-26-28-75-50-58-48(57-49(59-50)60-12-16-61(17-13-60,14-6-18-62)15-7-29-79(67,68)69)54-10-19-70-21-22-71-20-11-55-51(66)76-33-37-35-8-4-2-3-5-9-36(35)37/h30-31,34-37,41,44-45,47,56,62-65H,4-29,32-33H2,1H3,(H2-,54,55,57,58,59,66,67,68,69)/p+1/t34-,35-,36+,37?,41-,44+,45-,47-/m1/s1. The number of anilines is 2. The summed E-state index contributed by atoms with van der Waals surface area (Å²) in [6.07, 6.45) is 1.58. The number of quaternary nitrogens is 1. The number of carbonyl (C=O) groups is 1. The van der Waals surface area contributed by atoms with E-state index in [-0.39, 0.29) is 70.6 Å². The zero-order valence-electron chi connectivity index (χ0n) is 44.6. The Labute approximate surface area is 477 Å². The summed E-state index contributed by atoms with van der Waals surface area (Å²) in [4.78, 5) is 31.2. The smallest absolute Gasteiger partial charge is 0.407 e. The average molecular weight is 1270 g/mol. The monoisotopic (exact) mass is 1260 g/mol. The lowest BCUT2D eigenvalue weighted by molar-refractivity contribution is -0.928. The second kappa shape index (κ2) is 31.5. The molecule has 1 amide bonds. The van der Waals surface area contributed by atoms with Crippen molar-refractivity contribution in [1.82, 2.24) is 25.3 Å². The van der Waals surface area contributed by atoms with E-state index in [1.165, 1.54) is 0 Å². The molecule has 2 aromatic heterocycles. The molecular weight excluding hydrogens is 1190 g/mol. The second-order valence-electron chi connectivity index (χ2n) is 20.0. The summed E-state index contributed by atoms with van der Waals surface area (Å²) >= 11 is 7.19. The van der Waals surface area contributed by atoms with Crippen molar-refractivity contribution in [3.05, 3.63) is 21.2 Å². The first kappa shape index (κ1) is 62.7. The molecule has 442 valence electrons. The number of hydrogen-bond acceptors (Lipinski definition) is 21. The van der Waals surface area contributed by atoms with E-state index in [9.17, 15) is 38.2 Å². The number of fused-ring (bicyclic) bond motifs is 2. The highest BCUT2D eigenvalue weighted by Gasteiger charge is 2.49. The summed E-state index contributed by atoms with van der Waals surface area (Å²) < 4.78 is 86.3. The van der Waals surface area contributed by atoms with E-state index in [2.05, 4.69) is 69.3 Å². The number of rotatable bonds is 34. The lowest BCUT2D eigenvalue weighted by Crippen LogP contribution is -2.61. The minimum absolute atomic E-state index is 0.0115. The van der Waals surface area contributed by atoms with Crippen LogP contribution in [0.2, 0.25) is 0 Å². The van der Waals surface area contributed by atoms with Crippen LogP contribution >= 0.6 is 31.9 Å². The SMILES string of the molecule is C[C@H]1[C@H](O)[C@@H](O)[C@H](Oc2c[nH]c3cc(Br)c(OCCOCCOCCOc4nc(NCCOCCOCCNC(=O)OCC5[C@H]6CCC#CCC[C@@H]56)nc(N5CC[N+](CCCO)(CCCS(=O)(=O)O)CC5)n4)c(Br)c23)O[C@@H]1CO. The quantitative estimate of drug-likeness (QED) is 0.0184. The molecule has 28 heteroatoms. The first-order valence-electron chi connectivity index (χ1n) is 27.1. The fourth-order valence-electron chi connectivity index (χ4n) is 10.2. The summed E-state index contributed by atoms with van der Waals surface area (Å²) in [5.41, 5.74) is 0.698. The number of nitrogens with zero attached hydrogens (tertiary/aromatic N) is 5. The van der Waals surface area contributed by atoms with Gasteiger partial charge in [-0.25, -0.2) is 4.79 Å². The van der Waals surface area contributed by atoms with Gasteiger partial charge in [-0.05, 0) is 68.5 Å². The van der Waals surface area contributed by atoms with Gasteiger partial charge in [0, 0.05) is 57.5 Å². The zero-order chi connectivity index (χ0) is 56.2. The van der Waals surface area contributed by atoms with Gasteiger partial charge in [-0.2, -0.15) is 23.4 Å². The molecule has 4 aliphatic rings. The van der Waals surface area contributed by atoms with Crippen LogP contribution in [0.15, 0.2) is 21.2 Å². The Bertz CT molecular complexity index is 2540. The largest absolute Gasteiger partial charge is 0.489 e. The van der Waals surface area contributed by atoms with E-state index >= 15 is 0 Å². The Morgan fingerprint density at radius 2 is 1.52 bits per heavy atom. The Morgan fingerprint density at radius 1 is 0.873 bits per heavy atom. The Balaban J connectivity index is 0.816. The van der Waals surface area contributed by atoms with Gasteiger partial charge in [0.2, 0.25) is 18.2 Å². The van der Waals surface area contributed by atoms with Crippen molar-refractivity contribution >= 4 is 70.9 Å². The number of carbonyl (C=O) groups excluding carboxylic acids is 1. The minimum atomic E-state index is -4.10. The van der Waals surface area contributed by atoms with E-state index in [1.54, 1.807) is 13.1 Å². The molecule has 1 saturated carbocycles. The van der Waals surface area contributed by atoms with Crippen LogP contribution in [0.5, 0.6) is 17.5 Å². The molecule has 0 radical (unpaired) electrons. The summed E-state index contributed by atoms with van der Waals surface area (Å²) in [6.45, 7) is 8.64. The second-order valence-corrected chi connectivity index (χ2v) is 23.2. The number of ether oxygens (including phenoxy) is 9. The van der Waals surface area contributed by atoms with E-state index in [0.29, 0.717) is 158 Å². The number of piperazine rings is 1. The molecule has 3 aromatic rings. The predicted octanol–water partition coefficient (Wildman–Crippen LogP) is 2.73. The van der Waals surface area contributed by atoms with Crippen molar-refractivity contribution in [2.75, 3.05) is 154 Å². The number of aromatic nitrogens is 4. The number of aliphatic hydroxyl groups is 4. The van der Waals surface area contributed by atoms with Crippen molar-refractivity contribution in [2.24, 2.45) is 23.7 Å². The average Bonchev–Trinajstić information content (AvgIpc) is 3.99. The van der Waals surface area contributed by atoms with Gasteiger partial charge in [-0.3, -0.25) is 4.55 Å². The molecule has 1 aromatic carbocycles. The fraction of sp³-hybridized carbons (Fsp3) is 0.725. The van der Waals surface area contributed by atoms with Crippen LogP contribution in [0.1, 0.15) is 45.4 Å². The van der Waals surface area contributed by atoms with Gasteiger partial charge in [0.25, 0.3) is 10.1 Å². The van der Waals surface area contributed by atoms with Crippen molar-refractivity contribution in [3.8, 4) is 29.4 Å². The molecule has 8 atom stereocenters. The number of H-pyrrole nitrogens is 1. The summed E-state index contributed by atoms with van der Waals surface area (Å²) in [5, 5.41) is 47.1. The molecule has 2 aliphatic carbocycles. The van der Waals surface area contributed by atoms with Crippen LogP contribution in [-0.4, -0.2) is 233 Å². The van der Waals surface area contributed by atoms with Crippen molar-refractivity contribution in [1.29, 1.82) is 0 Å². The number of hydrogen-bond donors (Lipinski definition) is 8. The summed E-state index contributed by atoms with van der Waals surface area (Å²) in [7, 11) is -4.10. The van der Waals surface area contributed by atoms with Gasteiger partial charge in [-0.15, -0.1) is 11.8 Å². The Kier molecular flexibility index (Phi) is 25.0. The minimum Gasteiger partial charge on any atom is -0.489 e. The van der Waals surface area contributed by atoms with Crippen LogP contribution in [0.3, 0.4) is 0 Å². The summed E-state index contributed by atoms with van der Waals surface area (Å²) in [5.74, 6) is 8.73. The third-order valence-electron chi connectivity index (χ3n) is 14.6. The maximum absolute atomic E-state index is 12.2. The van der Waals surface area contributed by atoms with E-state index in [0.717, 1.165) is 25.7 Å². The number of aliphatic hydroxyl groups excluding tert-OH is 4. The Morgan fingerprint density at radius 3 is 2.19 bits per heavy atom. The molecule has 7 rings (SSSR count). The van der Waals surface area contributed by atoms with Crippen LogP contribution in [0.25, 0.3) is 10.9 Å². The number of alkyl carbamates (subject to hydrolysis) is 1. The molecule has 2 saturated heterocycles. The van der Waals surface area contributed by atoms with Gasteiger partial charge < -0.3 is 88.1 Å². The van der Waals surface area contributed by atoms with Gasteiger partial charge >= 0.3 is 12.1 Å². The van der Waals surface area contributed by atoms with Gasteiger partial charge in [0.1, 0.15) is 30.8 Å². The molecule has 0 spiro atoms. The maximum atomic E-state index is 12.2. The molecule has 79 heavy (non-hydrogen) atoms. The highest BCUT2D eigenvalue weighted by Crippen LogP contribution is 2.52. The summed E-state index contributed by atoms with van der Waals surface area (Å²) in [6, 6.07) is 1.90. The topological polar surface area (TPSA) is 317 Å². The molecule has 25 nitrogen and oxygen atoms in total. The van der Waals surface area contributed by atoms with Crippen LogP contribution < -0.4 is 29.7 Å². The van der Waals surface area contributed by atoms with Crippen LogP contribution in [0, 0.1) is 35.5 Å². The first-order chi connectivity index (χ1) is 38.2. The molecule has 4 heterocycles. The van der Waals surface area contributed by atoms with Crippen molar-refractivity contribution in [2.45, 2.75) is 70.1 Å². The van der Waals surface area contributed by atoms with Crippen LogP contribution in [0.4, 0.5) is 16.7 Å². The van der Waals surface area contributed by atoms with Crippen LogP contribution in [-0.2, 0) is 38.5 Å². The first-order valence-corrected chi connectivity index (χ1v) is 30.3. The number of nitrogens with one attached hydrogen (secondary N) is 3. The predicted molar refractivity (Wildman–Crippen MR) is 295 cm³/mol. The third-order valence-corrected chi connectivity index (χ3v) is 16.8. The number of benzene rings is 1. The van der Waals surface area contributed by atoms with Gasteiger partial charge in [-0.1, -0.05) is 6.92 Å². The van der Waals surface area contributed by atoms with Crippen molar-refractivity contribution < 1.29 is 85.3 Å². The highest BCUT2D eigenvalue weighted by molar-refractivity contribution is 9.11. The third kappa shape index (κ3) is 19.1. The lowest BCUT2D eigenvalue weighted by Gasteiger charge is -2.45. The number of aromatic amines is 1. The highest BCUT2D eigenvalue weighted by atomic mass is 79.9. The van der Waals surface area contributed by atoms with Gasteiger partial charge in [0.05, 0.1) is 143 Å². The van der Waals surface area contributed by atoms with E-state index < -0.39 is 46.7 Å². The zero-order valence-corrected chi connectivity index (χ0v) is 48.6. The van der Waals surface area contributed by atoms with E-state index in [4.69, 9.17) is 47.6 Å². The lowest BCUT2D eigenvalue weighted by atomic mass is 9.91. The Hall–Kier alpha value is -3.93. The maximum Gasteiger partial charge on any atom is 0.407 e. The fourth-order valence-corrected chi connectivity index (χ4v) is 12.2. The van der Waals surface area contributed by atoms with Gasteiger partial charge in [0.15, 0.2) is 0 Å². The van der Waals surface area contributed by atoms with E-state index in [1.807, 2.05) is 11.0 Å². The molecular formula is C51H77Br2N8O17S+. The molecule has 2 aliphatic heterocycles. The number of halogens is 2. The molecule has 3 fully saturated rings. The molecule has 8 N–H and O–H groups in total. The molecule has 0 bridgehead atoms. The molecule has 1 unspecified atom stereocenters. The normalized spacial score (nSPS) is 23.7. The number of amides is 1.